The molecule has 1 N–H and O–H groups in total. The van der Waals surface area contributed by atoms with Crippen LogP contribution in [0.1, 0.15) is 25.0 Å². The number of halogens is 1. The highest BCUT2D eigenvalue weighted by molar-refractivity contribution is 5.75. The monoisotopic (exact) mass is 466 g/mol. The zero-order valence-corrected chi connectivity index (χ0v) is 20.6. The van der Waals surface area contributed by atoms with E-state index in [4.69, 9.17) is 14.3 Å². The molecule has 0 amide bonds. The Bertz CT molecular complexity index is 1020. The Labute approximate surface area is 202 Å². The molecule has 0 aliphatic carbocycles. The molecule has 0 bridgehead atoms. The summed E-state index contributed by atoms with van der Waals surface area (Å²) in [5.74, 6) is 0.287. The molecule has 0 aromatic heterocycles. The van der Waals surface area contributed by atoms with Gasteiger partial charge in [-0.1, -0.05) is 59.7 Å². The van der Waals surface area contributed by atoms with Crippen LogP contribution >= 0.6 is 0 Å². The van der Waals surface area contributed by atoms with Crippen molar-refractivity contribution in [2.45, 2.75) is 27.2 Å². The van der Waals surface area contributed by atoms with E-state index in [9.17, 15) is 9.50 Å². The van der Waals surface area contributed by atoms with Crippen molar-refractivity contribution in [2.24, 2.45) is 0 Å². The SMILES string of the molecule is C=C(C)C.C=O.COCCOc1cc(CCO)ccc1-c1ccc(-c2ccc(C)cc2)cc1F. The lowest BCUT2D eigenvalue weighted by Crippen LogP contribution is -2.06. The molecular formula is C29H35FO4. The smallest absolute Gasteiger partial charge is 0.131 e. The van der Waals surface area contributed by atoms with Crippen LogP contribution < -0.4 is 4.74 Å². The Balaban J connectivity index is 0.000000872. The molecule has 5 heteroatoms. The van der Waals surface area contributed by atoms with Gasteiger partial charge in [0.15, 0.2) is 0 Å². The Morgan fingerprint density at radius 1 is 0.912 bits per heavy atom. The molecule has 3 aromatic carbocycles. The number of carbonyl (C=O) groups excluding carboxylic acids is 1. The molecule has 0 radical (unpaired) electrons. The number of ether oxygens (including phenoxy) is 2. The molecule has 0 fully saturated rings. The van der Waals surface area contributed by atoms with Crippen molar-refractivity contribution in [1.29, 1.82) is 0 Å². The number of methoxy groups -OCH3 is 1. The van der Waals surface area contributed by atoms with Gasteiger partial charge in [0, 0.05) is 24.8 Å². The van der Waals surface area contributed by atoms with Gasteiger partial charge in [-0.2, -0.15) is 0 Å². The average molecular weight is 467 g/mol. The van der Waals surface area contributed by atoms with Crippen molar-refractivity contribution in [3.8, 4) is 28.0 Å². The van der Waals surface area contributed by atoms with Gasteiger partial charge in [0.05, 0.1) is 6.61 Å². The fraction of sp³-hybridized carbons (Fsp3) is 0.276. The predicted octanol–water partition coefficient (Wildman–Crippen LogP) is 6.43. The molecule has 0 spiro atoms. The van der Waals surface area contributed by atoms with Crippen molar-refractivity contribution in [1.82, 2.24) is 0 Å². The molecule has 34 heavy (non-hydrogen) atoms. The van der Waals surface area contributed by atoms with Gasteiger partial charge in [-0.3, -0.25) is 0 Å². The minimum atomic E-state index is -0.301. The second kappa shape index (κ2) is 15.5. The molecule has 0 atom stereocenters. The van der Waals surface area contributed by atoms with Crippen molar-refractivity contribution in [3.05, 3.63) is 89.8 Å². The largest absolute Gasteiger partial charge is 0.491 e. The molecular weight excluding hydrogens is 431 g/mol. The lowest BCUT2D eigenvalue weighted by Gasteiger charge is -2.14. The maximum atomic E-state index is 15.0. The minimum Gasteiger partial charge on any atom is -0.491 e. The van der Waals surface area contributed by atoms with E-state index in [0.717, 1.165) is 16.7 Å². The van der Waals surface area contributed by atoms with E-state index in [2.05, 4.69) is 6.58 Å². The molecule has 0 aliphatic heterocycles. The summed E-state index contributed by atoms with van der Waals surface area (Å²) in [5.41, 5.74) is 6.26. The van der Waals surface area contributed by atoms with Crippen LogP contribution in [0.3, 0.4) is 0 Å². The second-order valence-electron chi connectivity index (χ2n) is 7.91. The third kappa shape index (κ3) is 9.30. The van der Waals surface area contributed by atoms with Gasteiger partial charge in [0.25, 0.3) is 0 Å². The van der Waals surface area contributed by atoms with Crippen LogP contribution in [0.15, 0.2) is 72.8 Å². The van der Waals surface area contributed by atoms with Crippen molar-refractivity contribution in [2.75, 3.05) is 26.9 Å². The molecule has 0 heterocycles. The molecule has 3 aromatic rings. The van der Waals surface area contributed by atoms with Gasteiger partial charge >= 0.3 is 0 Å². The minimum absolute atomic E-state index is 0.0520. The molecule has 0 saturated carbocycles. The van der Waals surface area contributed by atoms with E-state index in [1.54, 1.807) is 19.2 Å². The maximum absolute atomic E-state index is 15.0. The van der Waals surface area contributed by atoms with Gasteiger partial charge in [-0.15, -0.1) is 6.58 Å². The molecule has 182 valence electrons. The van der Waals surface area contributed by atoms with Crippen molar-refractivity contribution < 1.29 is 23.8 Å². The molecule has 4 nitrogen and oxygen atoms in total. The topological polar surface area (TPSA) is 55.8 Å². The van der Waals surface area contributed by atoms with Crippen LogP contribution in [0.25, 0.3) is 22.3 Å². The van der Waals surface area contributed by atoms with Crippen LogP contribution in [0, 0.1) is 12.7 Å². The van der Waals surface area contributed by atoms with Gasteiger partial charge in [-0.05, 0) is 56.0 Å². The second-order valence-corrected chi connectivity index (χ2v) is 7.91. The van der Waals surface area contributed by atoms with Gasteiger partial charge < -0.3 is 19.4 Å². The third-order valence-corrected chi connectivity index (χ3v) is 4.64. The van der Waals surface area contributed by atoms with E-state index in [-0.39, 0.29) is 12.4 Å². The lowest BCUT2D eigenvalue weighted by molar-refractivity contribution is -0.0980. The van der Waals surface area contributed by atoms with Gasteiger partial charge in [-0.25, -0.2) is 4.39 Å². The Kier molecular flexibility index (Phi) is 13.1. The summed E-state index contributed by atoms with van der Waals surface area (Å²) >= 11 is 0. The van der Waals surface area contributed by atoms with Crippen LogP contribution in [-0.2, 0) is 16.0 Å². The first kappa shape index (κ1) is 28.8. The summed E-state index contributed by atoms with van der Waals surface area (Å²) < 4.78 is 25.9. The van der Waals surface area contributed by atoms with E-state index >= 15 is 0 Å². The zero-order valence-electron chi connectivity index (χ0n) is 20.6. The Morgan fingerprint density at radius 2 is 1.50 bits per heavy atom. The summed E-state index contributed by atoms with van der Waals surface area (Å²) in [6.07, 6.45) is 0.524. The summed E-state index contributed by atoms with van der Waals surface area (Å²) in [4.78, 5) is 8.00. The summed E-state index contributed by atoms with van der Waals surface area (Å²) in [5, 5.41) is 9.19. The van der Waals surface area contributed by atoms with Crippen molar-refractivity contribution in [3.63, 3.8) is 0 Å². The van der Waals surface area contributed by atoms with E-state index < -0.39 is 0 Å². The molecule has 3 rings (SSSR count). The summed E-state index contributed by atoms with van der Waals surface area (Å²) in [7, 11) is 1.61. The van der Waals surface area contributed by atoms with E-state index in [0.29, 0.717) is 36.5 Å². The number of hydrogen-bond acceptors (Lipinski definition) is 4. The number of rotatable bonds is 8. The molecule has 0 saturated heterocycles. The number of benzene rings is 3. The lowest BCUT2D eigenvalue weighted by atomic mass is 9.97. The number of carbonyl (C=O) groups is 1. The predicted molar refractivity (Wildman–Crippen MR) is 138 cm³/mol. The molecule has 0 unspecified atom stereocenters. The average Bonchev–Trinajstić information content (AvgIpc) is 2.81. The van der Waals surface area contributed by atoms with E-state index in [1.807, 2.05) is 76.1 Å². The number of aryl methyl sites for hydroxylation is 1. The highest BCUT2D eigenvalue weighted by Crippen LogP contribution is 2.35. The van der Waals surface area contributed by atoms with Crippen LogP contribution in [0.4, 0.5) is 4.39 Å². The number of aliphatic hydroxyl groups is 1. The molecule has 0 aliphatic rings. The summed E-state index contributed by atoms with van der Waals surface area (Å²) in [6.45, 7) is 12.4. The van der Waals surface area contributed by atoms with Crippen LogP contribution in [-0.4, -0.2) is 38.8 Å². The first-order valence-electron chi connectivity index (χ1n) is 11.0. The number of aliphatic hydroxyl groups excluding tert-OH is 1. The van der Waals surface area contributed by atoms with E-state index in [1.165, 1.54) is 11.1 Å². The Hall–Kier alpha value is -3.28. The van der Waals surface area contributed by atoms with Gasteiger partial charge in [0.1, 0.15) is 25.0 Å². The van der Waals surface area contributed by atoms with Crippen molar-refractivity contribution >= 4 is 6.79 Å². The Morgan fingerprint density at radius 3 is 2.06 bits per heavy atom. The first-order valence-corrected chi connectivity index (χ1v) is 11.0. The first-order chi connectivity index (χ1) is 16.3. The fourth-order valence-electron chi connectivity index (χ4n) is 3.09. The summed E-state index contributed by atoms with van der Waals surface area (Å²) in [6, 6.07) is 18.9. The highest BCUT2D eigenvalue weighted by atomic mass is 19.1. The number of hydrogen-bond donors (Lipinski definition) is 1. The third-order valence-electron chi connectivity index (χ3n) is 4.64. The maximum Gasteiger partial charge on any atom is 0.131 e. The fourth-order valence-corrected chi connectivity index (χ4v) is 3.09. The van der Waals surface area contributed by atoms with Crippen LogP contribution in [0.2, 0.25) is 0 Å². The number of allylic oxidation sites excluding steroid dienone is 1. The normalized spacial score (nSPS) is 9.82. The zero-order chi connectivity index (χ0) is 25.5. The quantitative estimate of drug-likeness (QED) is 0.307. The standard InChI is InChI=1S/C24H25FO3.C4H8.CH2O/c1-17-3-6-19(7-4-17)20-8-10-21(23(25)16-20)22-9-5-18(11-12-26)15-24(22)28-14-13-27-2;1-4(2)3;1-2/h3-10,15-16,26H,11-14H2,1-2H3;1H2,2-3H3;1H2. The van der Waals surface area contributed by atoms with Gasteiger partial charge in [0.2, 0.25) is 0 Å². The highest BCUT2D eigenvalue weighted by Gasteiger charge is 2.13. The van der Waals surface area contributed by atoms with Crippen LogP contribution in [0.5, 0.6) is 5.75 Å².